The number of ketones is 1. The van der Waals surface area contributed by atoms with Crippen LogP contribution in [-0.2, 0) is 4.74 Å². The topological polar surface area (TPSA) is 88.6 Å². The van der Waals surface area contributed by atoms with Crippen molar-refractivity contribution in [3.63, 3.8) is 0 Å². The highest BCUT2D eigenvalue weighted by atomic mass is 32.1. The summed E-state index contributed by atoms with van der Waals surface area (Å²) in [5.41, 5.74) is 7.23. The van der Waals surface area contributed by atoms with E-state index < -0.39 is 5.92 Å². The van der Waals surface area contributed by atoms with Gasteiger partial charge in [-0.25, -0.2) is 8.78 Å². The Bertz CT molecular complexity index is 2160. The number of fused-ring (bicyclic) bond motifs is 1. The second-order valence-corrected chi connectivity index (χ2v) is 16.4. The fourth-order valence-electron chi connectivity index (χ4n) is 8.27. The first-order valence-corrected chi connectivity index (χ1v) is 19.7. The van der Waals surface area contributed by atoms with E-state index in [0.717, 1.165) is 77.6 Å². The van der Waals surface area contributed by atoms with E-state index in [-0.39, 0.29) is 48.2 Å². The lowest BCUT2D eigenvalue weighted by atomic mass is 9.77. The first kappa shape index (κ1) is 36.2. The zero-order chi connectivity index (χ0) is 37.5. The first-order chi connectivity index (χ1) is 26.0. The molecule has 10 heteroatoms. The number of ether oxygens (including phenoxy) is 1. The molecule has 4 aliphatic rings. The molecule has 2 aromatic heterocycles. The van der Waals surface area contributed by atoms with Gasteiger partial charge in [0, 0.05) is 60.8 Å². The highest BCUT2D eigenvalue weighted by molar-refractivity contribution is 7.15. The van der Waals surface area contributed by atoms with E-state index in [1.165, 1.54) is 11.3 Å². The molecule has 7 nitrogen and oxygen atoms in total. The van der Waals surface area contributed by atoms with E-state index in [4.69, 9.17) is 9.72 Å². The van der Waals surface area contributed by atoms with Gasteiger partial charge >= 0.3 is 0 Å². The van der Waals surface area contributed by atoms with E-state index in [1.54, 1.807) is 29.2 Å². The van der Waals surface area contributed by atoms with Crippen LogP contribution in [0.1, 0.15) is 110 Å². The average Bonchev–Trinajstić information content (AvgIpc) is 3.77. The summed E-state index contributed by atoms with van der Waals surface area (Å²) in [6.45, 7) is 3.92. The molecule has 54 heavy (non-hydrogen) atoms. The van der Waals surface area contributed by atoms with Gasteiger partial charge in [-0.15, -0.1) is 11.3 Å². The van der Waals surface area contributed by atoms with E-state index in [9.17, 15) is 23.2 Å². The number of para-hydroxylation sites is 1. The van der Waals surface area contributed by atoms with Gasteiger partial charge in [-0.05, 0) is 134 Å². The number of nitrogens with zero attached hydrogens (tertiary/aromatic N) is 2. The number of aromatic nitrogens is 1. The molecule has 1 saturated carbocycles. The number of hydrogen-bond donors (Lipinski definition) is 1. The SMILES string of the molecule is Cc1ccc(C(=O)Nc2ccc(C(=O)N3CCC(c4ccc(C(=O)CCC5CC(F)(F)C5)s4)=Cc4ccccc43)cc2)c(C2=CCC3(CCOCC3)C2)n1. The van der Waals surface area contributed by atoms with Crippen LogP contribution in [0.4, 0.5) is 20.2 Å². The molecule has 2 aliphatic heterocycles. The maximum absolute atomic E-state index is 14.1. The lowest BCUT2D eigenvalue weighted by molar-refractivity contribution is -0.111. The summed E-state index contributed by atoms with van der Waals surface area (Å²) in [6, 6.07) is 22.2. The van der Waals surface area contributed by atoms with E-state index in [0.29, 0.717) is 41.1 Å². The molecule has 4 aromatic rings. The Morgan fingerprint density at radius 1 is 0.963 bits per heavy atom. The minimum Gasteiger partial charge on any atom is -0.381 e. The van der Waals surface area contributed by atoms with Crippen molar-refractivity contribution in [2.75, 3.05) is 30.0 Å². The molecule has 278 valence electrons. The van der Waals surface area contributed by atoms with Gasteiger partial charge < -0.3 is 15.0 Å². The number of thiophene rings is 1. The van der Waals surface area contributed by atoms with Crippen molar-refractivity contribution < 1.29 is 27.9 Å². The summed E-state index contributed by atoms with van der Waals surface area (Å²) < 4.78 is 32.1. The molecule has 0 atom stereocenters. The standard InChI is InChI=1S/C44H43F2N3O4S/c1-28-6-12-35(40(47-28)33-16-18-43(27-33)19-22-53-23-20-43)41(51)48-34-10-8-30(9-11-34)42(52)49-21-17-32(24-31-4-2-3-5-36(31)49)38-14-15-39(54-38)37(50)13-7-29-25-44(45,46)26-29/h2-6,8-12,14-16,24,29H,7,13,17-23,25-27H2,1H3,(H,48,51). The van der Waals surface area contributed by atoms with Gasteiger partial charge in [-0.1, -0.05) is 24.3 Å². The second-order valence-electron chi connectivity index (χ2n) is 15.3. The van der Waals surface area contributed by atoms with Crippen LogP contribution in [-0.4, -0.2) is 48.3 Å². The maximum Gasteiger partial charge on any atom is 0.258 e. The molecule has 1 saturated heterocycles. The van der Waals surface area contributed by atoms with E-state index in [1.807, 2.05) is 55.5 Å². The quantitative estimate of drug-likeness (QED) is 0.172. The number of anilines is 2. The van der Waals surface area contributed by atoms with Crippen LogP contribution in [0.25, 0.3) is 17.2 Å². The highest BCUT2D eigenvalue weighted by Crippen LogP contribution is 2.48. The minimum absolute atomic E-state index is 0.0156. The van der Waals surface area contributed by atoms with Gasteiger partial charge in [-0.2, -0.15) is 0 Å². The molecule has 0 bridgehead atoms. The summed E-state index contributed by atoms with van der Waals surface area (Å²) in [5.74, 6) is -3.07. The molecule has 2 aromatic carbocycles. The van der Waals surface area contributed by atoms with Crippen LogP contribution in [0.15, 0.2) is 78.9 Å². The molecule has 2 amide bonds. The Labute approximate surface area is 318 Å². The summed E-state index contributed by atoms with van der Waals surface area (Å²) in [6.07, 6.45) is 9.31. The fraction of sp³-hybridized carbons (Fsp3) is 0.364. The summed E-state index contributed by atoms with van der Waals surface area (Å²) in [7, 11) is 0. The summed E-state index contributed by atoms with van der Waals surface area (Å²) in [5, 5.41) is 3.03. The number of pyridine rings is 1. The van der Waals surface area contributed by atoms with Crippen LogP contribution in [0.3, 0.4) is 0 Å². The first-order valence-electron chi connectivity index (χ1n) is 18.8. The highest BCUT2D eigenvalue weighted by Gasteiger charge is 2.45. The molecule has 2 aliphatic carbocycles. The Hall–Kier alpha value is -4.80. The number of aryl methyl sites for hydroxylation is 1. The molecule has 0 unspecified atom stereocenters. The molecular formula is C44H43F2N3O4S. The number of allylic oxidation sites excluding steroid dienone is 2. The van der Waals surface area contributed by atoms with Crippen molar-refractivity contribution >= 4 is 57.5 Å². The van der Waals surface area contributed by atoms with Crippen molar-refractivity contribution in [2.24, 2.45) is 11.3 Å². The summed E-state index contributed by atoms with van der Waals surface area (Å²) in [4.78, 5) is 48.8. The van der Waals surface area contributed by atoms with Crippen molar-refractivity contribution in [3.8, 4) is 0 Å². The zero-order valence-corrected chi connectivity index (χ0v) is 31.2. The van der Waals surface area contributed by atoms with Crippen LogP contribution in [0, 0.1) is 18.3 Å². The number of nitrogens with one attached hydrogen (secondary N) is 1. The third-order valence-corrected chi connectivity index (χ3v) is 12.6. The van der Waals surface area contributed by atoms with Crippen molar-refractivity contribution in [1.82, 2.24) is 4.98 Å². The van der Waals surface area contributed by atoms with E-state index in [2.05, 4.69) is 17.5 Å². The number of carbonyl (C=O) groups is 3. The lowest BCUT2D eigenvalue weighted by Crippen LogP contribution is -2.35. The van der Waals surface area contributed by atoms with Crippen molar-refractivity contribution in [1.29, 1.82) is 0 Å². The molecular weight excluding hydrogens is 705 g/mol. The fourth-order valence-corrected chi connectivity index (χ4v) is 9.29. The number of hydrogen-bond acceptors (Lipinski definition) is 6. The Morgan fingerprint density at radius 2 is 1.74 bits per heavy atom. The smallest absolute Gasteiger partial charge is 0.258 e. The van der Waals surface area contributed by atoms with Gasteiger partial charge in [0.2, 0.25) is 5.92 Å². The predicted molar refractivity (Wildman–Crippen MR) is 209 cm³/mol. The number of carbonyl (C=O) groups excluding carboxylic acids is 3. The summed E-state index contributed by atoms with van der Waals surface area (Å²) >= 11 is 1.42. The molecule has 0 radical (unpaired) electrons. The van der Waals surface area contributed by atoms with Gasteiger partial charge in [0.15, 0.2) is 5.78 Å². The number of Topliss-reactive ketones (excluding diaryl/α,β-unsaturated/α-hetero) is 1. The molecule has 1 N–H and O–H groups in total. The molecule has 2 fully saturated rings. The number of alkyl halides is 2. The van der Waals surface area contributed by atoms with Gasteiger partial charge in [0.1, 0.15) is 0 Å². The van der Waals surface area contributed by atoms with Crippen LogP contribution >= 0.6 is 11.3 Å². The van der Waals surface area contributed by atoms with Crippen LogP contribution in [0.2, 0.25) is 0 Å². The molecule has 4 heterocycles. The minimum atomic E-state index is -2.57. The van der Waals surface area contributed by atoms with Gasteiger partial charge in [-0.3, -0.25) is 19.4 Å². The molecule has 1 spiro atoms. The van der Waals surface area contributed by atoms with Crippen LogP contribution < -0.4 is 10.2 Å². The number of benzene rings is 2. The number of amides is 2. The number of halogens is 2. The third kappa shape index (κ3) is 7.59. The van der Waals surface area contributed by atoms with Crippen LogP contribution in [0.5, 0.6) is 0 Å². The van der Waals surface area contributed by atoms with Crippen molar-refractivity contribution in [2.45, 2.75) is 70.6 Å². The third-order valence-electron chi connectivity index (χ3n) is 11.4. The normalized spacial score (nSPS) is 19.0. The zero-order valence-electron chi connectivity index (χ0n) is 30.3. The monoisotopic (exact) mass is 747 g/mol. The maximum atomic E-state index is 14.1. The van der Waals surface area contributed by atoms with Crippen molar-refractivity contribution in [3.05, 3.63) is 117 Å². The largest absolute Gasteiger partial charge is 0.381 e. The lowest BCUT2D eigenvalue weighted by Gasteiger charge is -2.34. The molecule has 8 rings (SSSR count). The van der Waals surface area contributed by atoms with Gasteiger partial charge in [0.25, 0.3) is 11.8 Å². The number of rotatable bonds is 9. The average molecular weight is 748 g/mol. The van der Waals surface area contributed by atoms with E-state index >= 15 is 0 Å². The second kappa shape index (κ2) is 14.8. The van der Waals surface area contributed by atoms with Gasteiger partial charge in [0.05, 0.1) is 21.8 Å². The Kier molecular flexibility index (Phi) is 9.91. The predicted octanol–water partition coefficient (Wildman–Crippen LogP) is 10.3. The Balaban J connectivity index is 0.931. The Morgan fingerprint density at radius 3 is 2.52 bits per heavy atom.